The number of carbonyl (C=O) groups excluding carboxylic acids is 1. The monoisotopic (exact) mass is 448 g/mol. The van der Waals surface area contributed by atoms with Gasteiger partial charge in [-0.1, -0.05) is 49.3 Å². The summed E-state index contributed by atoms with van der Waals surface area (Å²) < 4.78 is 1.92. The smallest absolute Gasteiger partial charge is 0.263 e. The van der Waals surface area contributed by atoms with E-state index in [1.807, 2.05) is 24.0 Å². The van der Waals surface area contributed by atoms with Crippen LogP contribution in [-0.4, -0.2) is 31.7 Å². The third kappa shape index (κ3) is 4.02. The van der Waals surface area contributed by atoms with Crippen LogP contribution in [0.1, 0.15) is 52.7 Å². The van der Waals surface area contributed by atoms with E-state index in [1.165, 1.54) is 33.5 Å². The van der Waals surface area contributed by atoms with E-state index in [1.54, 1.807) is 6.20 Å². The van der Waals surface area contributed by atoms with Gasteiger partial charge in [0.05, 0.1) is 24.6 Å². The third-order valence-electron chi connectivity index (χ3n) is 6.22. The van der Waals surface area contributed by atoms with E-state index in [0.717, 1.165) is 49.4 Å². The molecule has 4 heterocycles. The number of hydrogen-bond donors (Lipinski definition) is 2. The highest BCUT2D eigenvalue weighted by Gasteiger charge is 2.26. The topological polar surface area (TPSA) is 78.8 Å². The number of benzene rings is 1. The summed E-state index contributed by atoms with van der Waals surface area (Å²) in [5.74, 6) is -0.0342. The molecule has 5 rings (SSSR count). The maximum Gasteiger partial charge on any atom is 0.263 e. The number of aromatic nitrogens is 4. The molecule has 1 aliphatic heterocycles. The summed E-state index contributed by atoms with van der Waals surface area (Å²) in [5, 5.41) is 9.70. The Kier molecular flexibility index (Phi) is 5.70. The number of para-hydroxylation sites is 1. The molecule has 1 atom stereocenters. The van der Waals surface area contributed by atoms with Crippen LogP contribution in [0.25, 0.3) is 10.9 Å². The molecule has 1 aliphatic rings. The van der Waals surface area contributed by atoms with Gasteiger partial charge in [0.2, 0.25) is 0 Å². The van der Waals surface area contributed by atoms with Crippen molar-refractivity contribution in [2.45, 2.75) is 51.7 Å². The SMILES string of the molecule is CCCCC(Cc1c[nH]c2ccccc12)NC(=O)c1cnc(N2Cc3cnn(C)c3C2)s1. The lowest BCUT2D eigenvalue weighted by molar-refractivity contribution is 0.0938. The predicted octanol–water partition coefficient (Wildman–Crippen LogP) is 4.41. The molecule has 0 saturated heterocycles. The second-order valence-electron chi connectivity index (χ2n) is 8.48. The number of carbonyl (C=O) groups is 1. The highest BCUT2D eigenvalue weighted by atomic mass is 32.1. The van der Waals surface area contributed by atoms with Crippen LogP contribution in [0.2, 0.25) is 0 Å². The third-order valence-corrected chi connectivity index (χ3v) is 7.28. The first-order valence-electron chi connectivity index (χ1n) is 11.2. The standard InChI is InChI=1S/C24H28N6OS/c1-3-4-7-18(10-16-11-25-20-9-6-5-8-19(16)20)28-23(31)22-13-26-24(32-22)30-14-17-12-27-29(2)21(17)15-30/h5-6,8-9,11-13,18,25H,3-4,7,10,14-15H2,1-2H3,(H,28,31). The molecule has 1 unspecified atom stereocenters. The van der Waals surface area contributed by atoms with Gasteiger partial charge in [0.25, 0.3) is 5.91 Å². The minimum atomic E-state index is -0.0342. The normalized spacial score (nSPS) is 14.1. The molecule has 0 spiro atoms. The van der Waals surface area contributed by atoms with Crippen molar-refractivity contribution in [1.29, 1.82) is 0 Å². The summed E-state index contributed by atoms with van der Waals surface area (Å²) in [7, 11) is 1.97. The van der Waals surface area contributed by atoms with E-state index in [4.69, 9.17) is 0 Å². The zero-order chi connectivity index (χ0) is 22.1. The van der Waals surface area contributed by atoms with Crippen LogP contribution in [-0.2, 0) is 26.6 Å². The van der Waals surface area contributed by atoms with Gasteiger partial charge in [0.1, 0.15) is 4.88 Å². The van der Waals surface area contributed by atoms with Crippen LogP contribution < -0.4 is 10.2 Å². The van der Waals surface area contributed by atoms with E-state index in [9.17, 15) is 4.79 Å². The highest BCUT2D eigenvalue weighted by Crippen LogP contribution is 2.31. The predicted molar refractivity (Wildman–Crippen MR) is 128 cm³/mol. The molecule has 0 fully saturated rings. The van der Waals surface area contributed by atoms with Crippen molar-refractivity contribution in [2.24, 2.45) is 7.05 Å². The molecule has 8 heteroatoms. The number of H-pyrrole nitrogens is 1. The zero-order valence-corrected chi connectivity index (χ0v) is 19.3. The van der Waals surface area contributed by atoms with Crippen LogP contribution in [0.3, 0.4) is 0 Å². The fraction of sp³-hybridized carbons (Fsp3) is 0.375. The number of thiazole rings is 1. The van der Waals surface area contributed by atoms with Crippen molar-refractivity contribution in [1.82, 2.24) is 25.1 Å². The lowest BCUT2D eigenvalue weighted by Crippen LogP contribution is -2.36. The number of amides is 1. The van der Waals surface area contributed by atoms with Crippen LogP contribution in [0.4, 0.5) is 5.13 Å². The molecule has 3 aromatic heterocycles. The van der Waals surface area contributed by atoms with Crippen molar-refractivity contribution in [3.63, 3.8) is 0 Å². The summed E-state index contributed by atoms with van der Waals surface area (Å²) in [5.41, 5.74) is 4.82. The van der Waals surface area contributed by atoms with Gasteiger partial charge in [-0.3, -0.25) is 9.48 Å². The van der Waals surface area contributed by atoms with Crippen LogP contribution in [0, 0.1) is 0 Å². The van der Waals surface area contributed by atoms with Crippen LogP contribution in [0.15, 0.2) is 42.9 Å². The molecule has 0 saturated carbocycles. The van der Waals surface area contributed by atoms with Crippen molar-refractivity contribution in [2.75, 3.05) is 4.90 Å². The molecular weight excluding hydrogens is 420 g/mol. The number of anilines is 1. The summed E-state index contributed by atoms with van der Waals surface area (Å²) in [6.45, 7) is 3.75. The molecule has 0 aliphatic carbocycles. The minimum absolute atomic E-state index is 0.0342. The number of unbranched alkanes of at least 4 members (excludes halogenated alkanes) is 1. The molecule has 32 heavy (non-hydrogen) atoms. The zero-order valence-electron chi connectivity index (χ0n) is 18.5. The van der Waals surface area contributed by atoms with Gasteiger partial charge < -0.3 is 15.2 Å². The Labute approximate surface area is 191 Å². The van der Waals surface area contributed by atoms with E-state index >= 15 is 0 Å². The quantitative estimate of drug-likeness (QED) is 0.419. The van der Waals surface area contributed by atoms with Gasteiger partial charge in [0, 0.05) is 42.3 Å². The molecule has 0 bridgehead atoms. The van der Waals surface area contributed by atoms with E-state index in [2.05, 4.69) is 56.6 Å². The summed E-state index contributed by atoms with van der Waals surface area (Å²) in [4.78, 5) is 23.8. The second kappa shape index (κ2) is 8.78. The molecule has 4 aromatic rings. The first-order valence-corrected chi connectivity index (χ1v) is 12.0. The maximum absolute atomic E-state index is 13.1. The number of aryl methyl sites for hydroxylation is 1. The first kappa shape index (κ1) is 20.8. The molecular formula is C24H28N6OS. The van der Waals surface area contributed by atoms with Crippen LogP contribution >= 0.6 is 11.3 Å². The lowest BCUT2D eigenvalue weighted by Gasteiger charge is -2.18. The van der Waals surface area contributed by atoms with Crippen molar-refractivity contribution in [3.05, 3.63) is 64.6 Å². The number of hydrogen-bond acceptors (Lipinski definition) is 5. The van der Waals surface area contributed by atoms with Crippen molar-refractivity contribution < 1.29 is 4.79 Å². The average molecular weight is 449 g/mol. The Morgan fingerprint density at radius 1 is 1.28 bits per heavy atom. The maximum atomic E-state index is 13.1. The first-order chi connectivity index (χ1) is 15.6. The summed E-state index contributed by atoms with van der Waals surface area (Å²) in [6, 6.07) is 8.41. The fourth-order valence-electron chi connectivity index (χ4n) is 4.44. The molecule has 166 valence electrons. The van der Waals surface area contributed by atoms with Gasteiger partial charge in [-0.15, -0.1) is 0 Å². The van der Waals surface area contributed by atoms with Gasteiger partial charge in [0.15, 0.2) is 5.13 Å². The van der Waals surface area contributed by atoms with Crippen molar-refractivity contribution >= 4 is 33.3 Å². The molecule has 2 N–H and O–H groups in total. The number of fused-ring (bicyclic) bond motifs is 2. The largest absolute Gasteiger partial charge is 0.361 e. The van der Waals surface area contributed by atoms with Gasteiger partial charge in [-0.25, -0.2) is 4.98 Å². The van der Waals surface area contributed by atoms with Crippen molar-refractivity contribution in [3.8, 4) is 0 Å². The minimum Gasteiger partial charge on any atom is -0.361 e. The molecule has 1 aromatic carbocycles. The molecule has 0 radical (unpaired) electrons. The summed E-state index contributed by atoms with van der Waals surface area (Å²) in [6.07, 6.45) is 9.66. The number of nitrogens with zero attached hydrogens (tertiary/aromatic N) is 4. The molecule has 7 nitrogen and oxygen atoms in total. The van der Waals surface area contributed by atoms with Gasteiger partial charge >= 0.3 is 0 Å². The van der Waals surface area contributed by atoms with E-state index in [-0.39, 0.29) is 11.9 Å². The number of nitrogens with one attached hydrogen (secondary N) is 2. The highest BCUT2D eigenvalue weighted by molar-refractivity contribution is 7.17. The van der Waals surface area contributed by atoms with Crippen LogP contribution in [0.5, 0.6) is 0 Å². The Morgan fingerprint density at radius 2 is 2.16 bits per heavy atom. The lowest BCUT2D eigenvalue weighted by atomic mass is 10.0. The Hall–Kier alpha value is -3.13. The molecule has 1 amide bonds. The van der Waals surface area contributed by atoms with E-state index in [0.29, 0.717) is 4.88 Å². The van der Waals surface area contributed by atoms with E-state index < -0.39 is 0 Å². The fourth-order valence-corrected chi connectivity index (χ4v) is 5.25. The average Bonchev–Trinajstić information content (AvgIpc) is 3.57. The number of aromatic amines is 1. The summed E-state index contributed by atoms with van der Waals surface area (Å²) >= 11 is 1.46. The van der Waals surface area contributed by atoms with Gasteiger partial charge in [-0.05, 0) is 24.5 Å². The Bertz CT molecular complexity index is 1240. The Balaban J connectivity index is 1.27. The van der Waals surface area contributed by atoms with Gasteiger partial charge in [-0.2, -0.15) is 5.10 Å². The second-order valence-corrected chi connectivity index (χ2v) is 9.49. The Morgan fingerprint density at radius 3 is 3.00 bits per heavy atom. The number of rotatable bonds is 8.